The Kier molecular flexibility index (Phi) is 3.31. The van der Waals surface area contributed by atoms with Gasteiger partial charge in [-0.15, -0.1) is 0 Å². The fourth-order valence-corrected chi connectivity index (χ4v) is 1.41. The van der Waals surface area contributed by atoms with E-state index in [0.717, 1.165) is 10.2 Å². The van der Waals surface area contributed by atoms with E-state index in [1.165, 1.54) is 7.11 Å². The van der Waals surface area contributed by atoms with Crippen LogP contribution >= 0.6 is 15.9 Å². The third kappa shape index (κ3) is 2.21. The van der Waals surface area contributed by atoms with Gasteiger partial charge in [-0.3, -0.25) is 0 Å². The predicted octanol–water partition coefficient (Wildman–Crippen LogP) is 2.28. The van der Waals surface area contributed by atoms with Crippen molar-refractivity contribution in [1.29, 1.82) is 0 Å². The molecule has 13 heavy (non-hydrogen) atoms. The SMILES string of the molecule is CNc1cc(C(=O)OC)ccc1Br. The third-order valence-electron chi connectivity index (χ3n) is 1.66. The number of anilines is 1. The molecule has 0 fully saturated rings. The molecular weight excluding hydrogens is 234 g/mol. The number of nitrogens with one attached hydrogen (secondary N) is 1. The summed E-state index contributed by atoms with van der Waals surface area (Å²) in [5, 5.41) is 2.96. The zero-order valence-corrected chi connectivity index (χ0v) is 9.01. The number of carbonyl (C=O) groups excluding carboxylic acids is 1. The average molecular weight is 244 g/mol. The fourth-order valence-electron chi connectivity index (χ4n) is 0.962. The van der Waals surface area contributed by atoms with Crippen molar-refractivity contribution in [3.63, 3.8) is 0 Å². The van der Waals surface area contributed by atoms with Crippen molar-refractivity contribution in [2.75, 3.05) is 19.5 Å². The maximum atomic E-state index is 11.1. The number of carbonyl (C=O) groups is 1. The molecule has 1 aromatic carbocycles. The van der Waals surface area contributed by atoms with Crippen LogP contribution in [0.15, 0.2) is 22.7 Å². The Morgan fingerprint density at radius 3 is 2.77 bits per heavy atom. The number of hydrogen-bond donors (Lipinski definition) is 1. The summed E-state index contributed by atoms with van der Waals surface area (Å²) in [5.41, 5.74) is 1.40. The maximum absolute atomic E-state index is 11.1. The summed E-state index contributed by atoms with van der Waals surface area (Å²) in [7, 11) is 3.16. The number of hydrogen-bond acceptors (Lipinski definition) is 3. The maximum Gasteiger partial charge on any atom is 0.337 e. The first-order chi connectivity index (χ1) is 6.19. The van der Waals surface area contributed by atoms with Crippen molar-refractivity contribution >= 4 is 27.6 Å². The van der Waals surface area contributed by atoms with E-state index in [1.807, 2.05) is 0 Å². The normalized spacial score (nSPS) is 9.46. The lowest BCUT2D eigenvalue weighted by Crippen LogP contribution is -2.02. The van der Waals surface area contributed by atoms with Gasteiger partial charge < -0.3 is 10.1 Å². The molecule has 0 amide bonds. The van der Waals surface area contributed by atoms with Crippen LogP contribution in [0.4, 0.5) is 5.69 Å². The Labute approximate surface area is 85.2 Å². The second kappa shape index (κ2) is 4.28. The lowest BCUT2D eigenvalue weighted by atomic mass is 10.2. The van der Waals surface area contributed by atoms with Crippen LogP contribution in [0.2, 0.25) is 0 Å². The first-order valence-corrected chi connectivity index (χ1v) is 4.54. The minimum absolute atomic E-state index is 0.330. The van der Waals surface area contributed by atoms with E-state index in [0.29, 0.717) is 5.56 Å². The highest BCUT2D eigenvalue weighted by Gasteiger charge is 2.07. The van der Waals surface area contributed by atoms with E-state index in [1.54, 1.807) is 25.2 Å². The highest BCUT2D eigenvalue weighted by atomic mass is 79.9. The molecule has 0 aliphatic heterocycles. The Morgan fingerprint density at radius 1 is 1.54 bits per heavy atom. The average Bonchev–Trinajstić information content (AvgIpc) is 2.17. The minimum Gasteiger partial charge on any atom is -0.465 e. The molecule has 4 heteroatoms. The molecule has 0 heterocycles. The van der Waals surface area contributed by atoms with Crippen LogP contribution in [0.25, 0.3) is 0 Å². The summed E-state index contributed by atoms with van der Waals surface area (Å²) in [6.07, 6.45) is 0. The van der Waals surface area contributed by atoms with E-state index in [-0.39, 0.29) is 5.97 Å². The van der Waals surface area contributed by atoms with E-state index in [9.17, 15) is 4.79 Å². The highest BCUT2D eigenvalue weighted by molar-refractivity contribution is 9.10. The number of methoxy groups -OCH3 is 1. The number of esters is 1. The monoisotopic (exact) mass is 243 g/mol. The Morgan fingerprint density at radius 2 is 2.23 bits per heavy atom. The second-order valence-corrected chi connectivity index (χ2v) is 3.29. The van der Waals surface area contributed by atoms with Gasteiger partial charge in [0.1, 0.15) is 0 Å². The van der Waals surface area contributed by atoms with Crippen LogP contribution in [-0.2, 0) is 4.74 Å². The molecule has 0 bridgehead atoms. The quantitative estimate of drug-likeness (QED) is 0.811. The summed E-state index contributed by atoms with van der Waals surface area (Å²) >= 11 is 3.35. The lowest BCUT2D eigenvalue weighted by molar-refractivity contribution is 0.0601. The first kappa shape index (κ1) is 10.1. The van der Waals surface area contributed by atoms with Crippen LogP contribution in [0.5, 0.6) is 0 Å². The standard InChI is InChI=1S/C9H10BrNO2/c1-11-8-5-6(9(12)13-2)3-4-7(8)10/h3-5,11H,1-2H3. The molecule has 1 aromatic rings. The molecule has 0 radical (unpaired) electrons. The summed E-state index contributed by atoms with van der Waals surface area (Å²) in [6, 6.07) is 5.24. The molecule has 0 saturated heterocycles. The van der Waals surface area contributed by atoms with Gasteiger partial charge in [-0.1, -0.05) is 0 Å². The van der Waals surface area contributed by atoms with Gasteiger partial charge in [-0.2, -0.15) is 0 Å². The van der Waals surface area contributed by atoms with Crippen LogP contribution in [-0.4, -0.2) is 20.1 Å². The Balaban J connectivity index is 3.06. The molecule has 3 nitrogen and oxygen atoms in total. The zero-order valence-electron chi connectivity index (χ0n) is 7.43. The van der Waals surface area contributed by atoms with E-state index in [4.69, 9.17) is 0 Å². The summed E-state index contributed by atoms with van der Waals surface area (Å²) in [5.74, 6) is -0.330. The third-order valence-corrected chi connectivity index (χ3v) is 2.35. The molecule has 1 rings (SSSR count). The molecule has 0 aromatic heterocycles. The Hall–Kier alpha value is -1.03. The molecule has 0 aliphatic rings. The molecule has 1 N–H and O–H groups in total. The molecular formula is C9H10BrNO2. The fraction of sp³-hybridized carbons (Fsp3) is 0.222. The van der Waals surface area contributed by atoms with E-state index >= 15 is 0 Å². The van der Waals surface area contributed by atoms with Crippen LogP contribution in [0.1, 0.15) is 10.4 Å². The molecule has 0 unspecified atom stereocenters. The molecule has 0 spiro atoms. The van der Waals surface area contributed by atoms with Gasteiger partial charge in [0, 0.05) is 17.2 Å². The topological polar surface area (TPSA) is 38.3 Å². The van der Waals surface area contributed by atoms with E-state index in [2.05, 4.69) is 26.0 Å². The largest absolute Gasteiger partial charge is 0.465 e. The van der Waals surface area contributed by atoms with Crippen molar-refractivity contribution in [2.45, 2.75) is 0 Å². The van der Waals surface area contributed by atoms with Crippen molar-refractivity contribution in [2.24, 2.45) is 0 Å². The lowest BCUT2D eigenvalue weighted by Gasteiger charge is -2.05. The van der Waals surface area contributed by atoms with Gasteiger partial charge in [-0.05, 0) is 34.1 Å². The molecule has 0 aliphatic carbocycles. The van der Waals surface area contributed by atoms with Crippen LogP contribution < -0.4 is 5.32 Å². The van der Waals surface area contributed by atoms with Crippen LogP contribution in [0.3, 0.4) is 0 Å². The van der Waals surface area contributed by atoms with Crippen molar-refractivity contribution in [3.05, 3.63) is 28.2 Å². The molecule has 70 valence electrons. The second-order valence-electron chi connectivity index (χ2n) is 2.44. The van der Waals surface area contributed by atoms with Crippen molar-refractivity contribution < 1.29 is 9.53 Å². The van der Waals surface area contributed by atoms with Crippen molar-refractivity contribution in [1.82, 2.24) is 0 Å². The number of rotatable bonds is 2. The minimum atomic E-state index is -0.330. The molecule has 0 atom stereocenters. The highest BCUT2D eigenvalue weighted by Crippen LogP contribution is 2.23. The van der Waals surface area contributed by atoms with Gasteiger partial charge >= 0.3 is 5.97 Å². The summed E-state index contributed by atoms with van der Waals surface area (Å²) in [6.45, 7) is 0. The van der Waals surface area contributed by atoms with Crippen LogP contribution in [0, 0.1) is 0 Å². The van der Waals surface area contributed by atoms with Gasteiger partial charge in [0.2, 0.25) is 0 Å². The van der Waals surface area contributed by atoms with Gasteiger partial charge in [0.05, 0.1) is 12.7 Å². The smallest absolute Gasteiger partial charge is 0.337 e. The van der Waals surface area contributed by atoms with Gasteiger partial charge in [0.25, 0.3) is 0 Å². The Bertz CT molecular complexity index is 325. The first-order valence-electron chi connectivity index (χ1n) is 3.74. The number of benzene rings is 1. The van der Waals surface area contributed by atoms with E-state index < -0.39 is 0 Å². The van der Waals surface area contributed by atoms with Gasteiger partial charge in [0.15, 0.2) is 0 Å². The van der Waals surface area contributed by atoms with Gasteiger partial charge in [-0.25, -0.2) is 4.79 Å². The summed E-state index contributed by atoms with van der Waals surface area (Å²) < 4.78 is 5.51. The summed E-state index contributed by atoms with van der Waals surface area (Å²) in [4.78, 5) is 11.1. The van der Waals surface area contributed by atoms with Crippen molar-refractivity contribution in [3.8, 4) is 0 Å². The number of ether oxygens (including phenoxy) is 1. The predicted molar refractivity (Wildman–Crippen MR) is 55.0 cm³/mol. The number of halogens is 1. The zero-order chi connectivity index (χ0) is 9.84. The molecule has 0 saturated carbocycles.